The highest BCUT2D eigenvalue weighted by atomic mass is 79.9. The number of aliphatic imine (C=N–C) groups is 1. The molecule has 0 saturated heterocycles. The van der Waals surface area contributed by atoms with Crippen molar-refractivity contribution in [3.8, 4) is 5.75 Å². The first-order valence-corrected chi connectivity index (χ1v) is 4.55. The van der Waals surface area contributed by atoms with E-state index in [-0.39, 0.29) is 0 Å². The zero-order valence-electron chi connectivity index (χ0n) is 6.87. The molecular formula is C9H8BrNO2. The predicted octanol–water partition coefficient (Wildman–Crippen LogP) is 2.16. The molecule has 0 fully saturated rings. The van der Waals surface area contributed by atoms with Crippen molar-refractivity contribution >= 4 is 22.0 Å². The van der Waals surface area contributed by atoms with Gasteiger partial charge in [0, 0.05) is 0 Å². The molecule has 0 unspecified atom stereocenters. The Morgan fingerprint density at radius 3 is 2.92 bits per heavy atom. The zero-order valence-corrected chi connectivity index (χ0v) is 8.45. The fraction of sp³-hybridized carbons (Fsp3) is 0.222. The number of hydrogen-bond donors (Lipinski definition) is 0. The second-order valence-electron chi connectivity index (χ2n) is 2.25. The van der Waals surface area contributed by atoms with Crippen molar-refractivity contribution in [2.24, 2.45) is 4.99 Å². The molecule has 0 aliphatic carbocycles. The van der Waals surface area contributed by atoms with Gasteiger partial charge in [-0.3, -0.25) is 0 Å². The number of isocyanates is 1. The van der Waals surface area contributed by atoms with Gasteiger partial charge in [0.25, 0.3) is 0 Å². The van der Waals surface area contributed by atoms with Gasteiger partial charge in [0.05, 0.1) is 11.0 Å². The molecule has 1 aromatic carbocycles. The molecule has 1 rings (SSSR count). The van der Waals surface area contributed by atoms with Crippen LogP contribution in [0.3, 0.4) is 0 Å². The minimum atomic E-state index is 0.338. The largest absolute Gasteiger partial charge is 0.490 e. The van der Waals surface area contributed by atoms with E-state index < -0.39 is 0 Å². The number of rotatable bonds is 4. The first kappa shape index (κ1) is 9.96. The van der Waals surface area contributed by atoms with Crippen molar-refractivity contribution < 1.29 is 9.53 Å². The number of para-hydroxylation sites is 1. The monoisotopic (exact) mass is 241 g/mol. The van der Waals surface area contributed by atoms with Gasteiger partial charge >= 0.3 is 0 Å². The van der Waals surface area contributed by atoms with Crippen LogP contribution in [-0.4, -0.2) is 19.2 Å². The van der Waals surface area contributed by atoms with Crippen LogP contribution in [0.25, 0.3) is 0 Å². The summed E-state index contributed by atoms with van der Waals surface area (Å²) >= 11 is 3.33. The summed E-state index contributed by atoms with van der Waals surface area (Å²) in [6, 6.07) is 7.51. The zero-order chi connectivity index (χ0) is 9.52. The lowest BCUT2D eigenvalue weighted by Gasteiger charge is -2.04. The molecule has 3 nitrogen and oxygen atoms in total. The molecule has 0 aromatic heterocycles. The topological polar surface area (TPSA) is 38.7 Å². The lowest BCUT2D eigenvalue weighted by molar-refractivity contribution is 0.326. The summed E-state index contributed by atoms with van der Waals surface area (Å²) in [6.45, 7) is 0.725. The third-order valence-corrected chi connectivity index (χ3v) is 2.02. The molecule has 0 spiro atoms. The highest BCUT2D eigenvalue weighted by molar-refractivity contribution is 9.10. The van der Waals surface area contributed by atoms with Crippen molar-refractivity contribution in [3.05, 3.63) is 28.7 Å². The van der Waals surface area contributed by atoms with Crippen molar-refractivity contribution in [2.45, 2.75) is 0 Å². The average molecular weight is 242 g/mol. The summed E-state index contributed by atoms with van der Waals surface area (Å²) in [5.74, 6) is 0.753. The normalized spacial score (nSPS) is 9.00. The molecule has 1 aromatic rings. The highest BCUT2D eigenvalue weighted by Crippen LogP contribution is 2.23. The van der Waals surface area contributed by atoms with Gasteiger partial charge in [-0.25, -0.2) is 9.79 Å². The van der Waals surface area contributed by atoms with Crippen LogP contribution in [-0.2, 0) is 4.79 Å². The van der Waals surface area contributed by atoms with Gasteiger partial charge in [-0.1, -0.05) is 12.1 Å². The predicted molar refractivity (Wildman–Crippen MR) is 52.6 cm³/mol. The Morgan fingerprint density at radius 2 is 2.23 bits per heavy atom. The Balaban J connectivity index is 2.45. The van der Waals surface area contributed by atoms with Crippen LogP contribution >= 0.6 is 15.9 Å². The molecule has 0 radical (unpaired) electrons. The smallest absolute Gasteiger partial charge is 0.235 e. The first-order valence-electron chi connectivity index (χ1n) is 3.75. The second kappa shape index (κ2) is 5.51. The second-order valence-corrected chi connectivity index (χ2v) is 3.11. The Kier molecular flexibility index (Phi) is 4.23. The lowest BCUT2D eigenvalue weighted by atomic mass is 10.3. The average Bonchev–Trinajstić information content (AvgIpc) is 2.15. The van der Waals surface area contributed by atoms with Crippen molar-refractivity contribution in [1.29, 1.82) is 0 Å². The van der Waals surface area contributed by atoms with Crippen LogP contribution in [0.5, 0.6) is 5.75 Å². The van der Waals surface area contributed by atoms with Crippen LogP contribution in [0, 0.1) is 0 Å². The van der Waals surface area contributed by atoms with Crippen LogP contribution < -0.4 is 4.74 Å². The van der Waals surface area contributed by atoms with Gasteiger partial charge in [-0.15, -0.1) is 0 Å². The maximum Gasteiger partial charge on any atom is 0.235 e. The van der Waals surface area contributed by atoms with Crippen LogP contribution in [0.15, 0.2) is 33.7 Å². The SMILES string of the molecule is O=C=NCCOc1ccccc1Br. The van der Waals surface area contributed by atoms with Crippen molar-refractivity contribution in [1.82, 2.24) is 0 Å². The van der Waals surface area contributed by atoms with E-state index >= 15 is 0 Å². The van der Waals surface area contributed by atoms with Crippen molar-refractivity contribution in [3.63, 3.8) is 0 Å². The van der Waals surface area contributed by atoms with Gasteiger partial charge < -0.3 is 4.74 Å². The van der Waals surface area contributed by atoms with E-state index in [4.69, 9.17) is 4.74 Å². The van der Waals surface area contributed by atoms with E-state index in [0.717, 1.165) is 10.2 Å². The standard InChI is InChI=1S/C9H8BrNO2/c10-8-3-1-2-4-9(8)13-6-5-11-7-12/h1-4H,5-6H2. The Hall–Kier alpha value is -1.12. The summed E-state index contributed by atoms with van der Waals surface area (Å²) in [5.41, 5.74) is 0. The summed E-state index contributed by atoms with van der Waals surface area (Å²) in [7, 11) is 0. The number of ether oxygens (including phenoxy) is 1. The van der Waals surface area contributed by atoms with Gasteiger partial charge in [0.2, 0.25) is 6.08 Å². The van der Waals surface area contributed by atoms with E-state index in [1.807, 2.05) is 24.3 Å². The highest BCUT2D eigenvalue weighted by Gasteiger charge is 1.97. The fourth-order valence-corrected chi connectivity index (χ4v) is 1.21. The molecule has 4 heteroatoms. The van der Waals surface area contributed by atoms with Gasteiger partial charge in [0.15, 0.2) is 0 Å². The molecule has 0 amide bonds. The lowest BCUT2D eigenvalue weighted by Crippen LogP contribution is -2.00. The third-order valence-electron chi connectivity index (χ3n) is 1.36. The van der Waals surface area contributed by atoms with Gasteiger partial charge in [0.1, 0.15) is 12.4 Å². The number of benzene rings is 1. The van der Waals surface area contributed by atoms with E-state index in [1.54, 1.807) is 0 Å². The fourth-order valence-electron chi connectivity index (χ4n) is 0.809. The molecule has 0 N–H and O–H groups in total. The molecule has 0 aliphatic heterocycles. The van der Waals surface area contributed by atoms with Crippen molar-refractivity contribution in [2.75, 3.05) is 13.2 Å². The summed E-state index contributed by atoms with van der Waals surface area (Å²) < 4.78 is 6.21. The molecular weight excluding hydrogens is 234 g/mol. The first-order chi connectivity index (χ1) is 6.34. The van der Waals surface area contributed by atoms with Crippen LogP contribution in [0.4, 0.5) is 0 Å². The van der Waals surface area contributed by atoms with E-state index in [1.165, 1.54) is 6.08 Å². The van der Waals surface area contributed by atoms with E-state index in [9.17, 15) is 4.79 Å². The quantitative estimate of drug-likeness (QED) is 0.461. The molecule has 0 bridgehead atoms. The minimum absolute atomic E-state index is 0.338. The molecule has 0 saturated carbocycles. The maximum absolute atomic E-state index is 9.73. The number of nitrogens with zero attached hydrogens (tertiary/aromatic N) is 1. The number of carbonyl (C=O) groups excluding carboxylic acids is 1. The number of halogens is 1. The van der Waals surface area contributed by atoms with Gasteiger partial charge in [-0.05, 0) is 28.1 Å². The molecule has 13 heavy (non-hydrogen) atoms. The van der Waals surface area contributed by atoms with Crippen LogP contribution in [0.1, 0.15) is 0 Å². The molecule has 0 aliphatic rings. The minimum Gasteiger partial charge on any atom is -0.490 e. The number of hydrogen-bond acceptors (Lipinski definition) is 3. The summed E-state index contributed by atoms with van der Waals surface area (Å²) in [6.07, 6.45) is 1.45. The van der Waals surface area contributed by atoms with Gasteiger partial charge in [-0.2, -0.15) is 0 Å². The third kappa shape index (κ3) is 3.40. The Bertz CT molecular complexity index is 321. The van der Waals surface area contributed by atoms with E-state index in [0.29, 0.717) is 13.2 Å². The van der Waals surface area contributed by atoms with E-state index in [2.05, 4.69) is 20.9 Å². The maximum atomic E-state index is 9.73. The molecule has 0 atom stereocenters. The molecule has 68 valence electrons. The summed E-state index contributed by atoms with van der Waals surface area (Å²) in [5, 5.41) is 0. The molecule has 0 heterocycles. The summed E-state index contributed by atoms with van der Waals surface area (Å²) in [4.78, 5) is 13.1. The Morgan fingerprint density at radius 1 is 1.46 bits per heavy atom. The Labute approximate surface area is 84.6 Å². The van der Waals surface area contributed by atoms with Crippen LogP contribution in [0.2, 0.25) is 0 Å².